The van der Waals surface area contributed by atoms with Crippen molar-refractivity contribution in [2.45, 2.75) is 6.61 Å². The molecule has 0 unspecified atom stereocenters. The lowest BCUT2D eigenvalue weighted by atomic mass is 10.2. The maximum absolute atomic E-state index is 11.9. The molecule has 2 aromatic rings. The molecule has 0 spiro atoms. The van der Waals surface area contributed by atoms with E-state index in [1.807, 2.05) is 36.4 Å². The summed E-state index contributed by atoms with van der Waals surface area (Å²) in [6, 6.07) is 15.0. The van der Waals surface area contributed by atoms with Gasteiger partial charge in [-0.3, -0.25) is 9.63 Å². The first-order valence-electron chi connectivity index (χ1n) is 5.57. The fourth-order valence-corrected chi connectivity index (χ4v) is 2.80. The third-order valence-corrected chi connectivity index (χ3v) is 3.29. The van der Waals surface area contributed by atoms with E-state index in [4.69, 9.17) is 4.84 Å². The van der Waals surface area contributed by atoms with E-state index in [1.54, 1.807) is 12.1 Å². The van der Waals surface area contributed by atoms with Crippen LogP contribution in [0.25, 0.3) is 0 Å². The molecule has 0 radical (unpaired) electrons. The molecule has 2 aromatic carbocycles. The van der Waals surface area contributed by atoms with Crippen molar-refractivity contribution < 1.29 is 9.63 Å². The van der Waals surface area contributed by atoms with Crippen LogP contribution in [0, 0.1) is 0 Å². The lowest BCUT2D eigenvalue weighted by molar-refractivity contribution is 0.0233. The van der Waals surface area contributed by atoms with Crippen LogP contribution in [0.15, 0.2) is 57.5 Å². The van der Waals surface area contributed by atoms with Crippen LogP contribution in [-0.2, 0) is 11.4 Å². The molecule has 0 atom stereocenters. The Bertz CT molecular complexity index is 553. The molecule has 0 aliphatic heterocycles. The summed E-state index contributed by atoms with van der Waals surface area (Å²) >= 11 is 6.67. The number of carbonyl (C=O) groups excluding carboxylic acids is 1. The van der Waals surface area contributed by atoms with Gasteiger partial charge in [-0.05, 0) is 23.8 Å². The van der Waals surface area contributed by atoms with Crippen molar-refractivity contribution in [1.82, 2.24) is 5.48 Å². The Morgan fingerprint density at radius 3 is 2.32 bits per heavy atom. The predicted octanol–water partition coefficient (Wildman–Crippen LogP) is 4.07. The van der Waals surface area contributed by atoms with Crippen LogP contribution in [0.1, 0.15) is 15.9 Å². The minimum atomic E-state index is -0.280. The van der Waals surface area contributed by atoms with E-state index in [0.717, 1.165) is 14.5 Å². The van der Waals surface area contributed by atoms with E-state index in [2.05, 4.69) is 37.3 Å². The number of carbonyl (C=O) groups is 1. The highest BCUT2D eigenvalue weighted by Crippen LogP contribution is 2.20. The van der Waals surface area contributed by atoms with Crippen LogP contribution in [0.2, 0.25) is 0 Å². The fourth-order valence-electron chi connectivity index (χ4n) is 1.50. The zero-order valence-electron chi connectivity index (χ0n) is 9.90. The summed E-state index contributed by atoms with van der Waals surface area (Å²) in [5, 5.41) is 0. The molecule has 5 heteroatoms. The van der Waals surface area contributed by atoms with Crippen LogP contribution in [-0.4, -0.2) is 5.91 Å². The minimum Gasteiger partial charge on any atom is -0.269 e. The van der Waals surface area contributed by atoms with E-state index in [9.17, 15) is 4.79 Å². The number of benzene rings is 2. The van der Waals surface area contributed by atoms with Crippen LogP contribution >= 0.6 is 31.9 Å². The summed E-state index contributed by atoms with van der Waals surface area (Å²) in [5.41, 5.74) is 3.94. The van der Waals surface area contributed by atoms with Gasteiger partial charge in [0, 0.05) is 14.5 Å². The first-order chi connectivity index (χ1) is 9.15. The van der Waals surface area contributed by atoms with Crippen molar-refractivity contribution in [3.8, 4) is 0 Å². The number of halogens is 2. The normalized spacial score (nSPS) is 10.2. The number of hydroxylamine groups is 1. The van der Waals surface area contributed by atoms with Crippen molar-refractivity contribution in [2.75, 3.05) is 0 Å². The van der Waals surface area contributed by atoms with E-state index in [-0.39, 0.29) is 5.91 Å². The molecule has 0 bridgehead atoms. The molecule has 3 nitrogen and oxygen atoms in total. The SMILES string of the molecule is O=C(NOCc1ccccc1)c1cc(Br)cc(Br)c1. The molecule has 98 valence electrons. The second-order valence-corrected chi connectivity index (χ2v) is 5.69. The molecule has 0 aliphatic rings. The first-order valence-corrected chi connectivity index (χ1v) is 7.16. The second kappa shape index (κ2) is 6.84. The monoisotopic (exact) mass is 383 g/mol. The van der Waals surface area contributed by atoms with Gasteiger partial charge >= 0.3 is 0 Å². The molecule has 0 heterocycles. The van der Waals surface area contributed by atoms with Crippen molar-refractivity contribution >= 4 is 37.8 Å². The van der Waals surface area contributed by atoms with Crippen LogP contribution in [0.3, 0.4) is 0 Å². The molecule has 0 fully saturated rings. The van der Waals surface area contributed by atoms with Crippen LogP contribution in [0.5, 0.6) is 0 Å². The van der Waals surface area contributed by atoms with Gasteiger partial charge in [0.2, 0.25) is 0 Å². The first kappa shape index (κ1) is 14.2. The number of hydrogen-bond donors (Lipinski definition) is 1. The molecule has 0 saturated carbocycles. The quantitative estimate of drug-likeness (QED) is 0.806. The Labute approximate surface area is 128 Å². The zero-order valence-corrected chi connectivity index (χ0v) is 13.1. The second-order valence-electron chi connectivity index (χ2n) is 3.86. The van der Waals surface area contributed by atoms with Gasteiger partial charge in [0.1, 0.15) is 0 Å². The number of hydrogen-bond acceptors (Lipinski definition) is 2. The Balaban J connectivity index is 1.91. The number of rotatable bonds is 4. The third kappa shape index (κ3) is 4.45. The molecule has 0 aromatic heterocycles. The van der Waals surface area contributed by atoms with Crippen molar-refractivity contribution in [1.29, 1.82) is 0 Å². The molecular weight excluding hydrogens is 374 g/mol. The van der Waals surface area contributed by atoms with Crippen molar-refractivity contribution in [2.24, 2.45) is 0 Å². The van der Waals surface area contributed by atoms with Crippen molar-refractivity contribution in [3.05, 3.63) is 68.6 Å². The van der Waals surface area contributed by atoms with Gasteiger partial charge in [-0.15, -0.1) is 0 Å². The maximum atomic E-state index is 11.9. The van der Waals surface area contributed by atoms with Gasteiger partial charge in [-0.25, -0.2) is 5.48 Å². The average Bonchev–Trinajstić information content (AvgIpc) is 2.38. The highest BCUT2D eigenvalue weighted by atomic mass is 79.9. The zero-order chi connectivity index (χ0) is 13.7. The Hall–Kier alpha value is -1.17. The molecular formula is C14H11Br2NO2. The smallest absolute Gasteiger partial charge is 0.269 e. The molecule has 1 N–H and O–H groups in total. The van der Waals surface area contributed by atoms with E-state index >= 15 is 0 Å². The molecule has 1 amide bonds. The molecule has 0 aliphatic carbocycles. The Morgan fingerprint density at radius 2 is 1.68 bits per heavy atom. The summed E-state index contributed by atoms with van der Waals surface area (Å²) in [7, 11) is 0. The van der Waals surface area contributed by atoms with Gasteiger partial charge in [-0.2, -0.15) is 0 Å². The third-order valence-electron chi connectivity index (χ3n) is 2.37. The fraction of sp³-hybridized carbons (Fsp3) is 0.0714. The van der Waals surface area contributed by atoms with Gasteiger partial charge in [0.05, 0.1) is 6.61 Å². The van der Waals surface area contributed by atoms with E-state index in [0.29, 0.717) is 12.2 Å². The summed E-state index contributed by atoms with van der Waals surface area (Å²) in [5.74, 6) is -0.280. The van der Waals surface area contributed by atoms with E-state index < -0.39 is 0 Å². The topological polar surface area (TPSA) is 38.3 Å². The summed E-state index contributed by atoms with van der Waals surface area (Å²) in [4.78, 5) is 17.0. The standard InChI is InChI=1S/C14H11Br2NO2/c15-12-6-11(7-13(16)8-12)14(18)17-19-9-10-4-2-1-3-5-10/h1-8H,9H2,(H,17,18). The number of nitrogens with one attached hydrogen (secondary N) is 1. The maximum Gasteiger partial charge on any atom is 0.274 e. The van der Waals surface area contributed by atoms with Crippen molar-refractivity contribution in [3.63, 3.8) is 0 Å². The van der Waals surface area contributed by atoms with Gasteiger partial charge in [0.25, 0.3) is 5.91 Å². The molecule has 2 rings (SSSR count). The van der Waals surface area contributed by atoms with Crippen LogP contribution in [0.4, 0.5) is 0 Å². The van der Waals surface area contributed by atoms with Gasteiger partial charge in [0.15, 0.2) is 0 Å². The Morgan fingerprint density at radius 1 is 1.05 bits per heavy atom. The van der Waals surface area contributed by atoms with Crippen LogP contribution < -0.4 is 5.48 Å². The summed E-state index contributed by atoms with van der Waals surface area (Å²) in [6.45, 7) is 0.335. The highest BCUT2D eigenvalue weighted by Gasteiger charge is 2.07. The highest BCUT2D eigenvalue weighted by molar-refractivity contribution is 9.11. The number of amides is 1. The van der Waals surface area contributed by atoms with Gasteiger partial charge < -0.3 is 0 Å². The lowest BCUT2D eigenvalue weighted by Gasteiger charge is -2.07. The minimum absolute atomic E-state index is 0.280. The van der Waals surface area contributed by atoms with E-state index in [1.165, 1.54) is 0 Å². The Kier molecular flexibility index (Phi) is 5.13. The average molecular weight is 385 g/mol. The molecule has 0 saturated heterocycles. The summed E-state index contributed by atoms with van der Waals surface area (Å²) < 4.78 is 1.66. The lowest BCUT2D eigenvalue weighted by Crippen LogP contribution is -2.23. The molecule has 19 heavy (non-hydrogen) atoms. The largest absolute Gasteiger partial charge is 0.274 e. The van der Waals surface area contributed by atoms with Gasteiger partial charge in [-0.1, -0.05) is 62.2 Å². The summed E-state index contributed by atoms with van der Waals surface area (Å²) in [6.07, 6.45) is 0. The predicted molar refractivity (Wildman–Crippen MR) is 80.5 cm³/mol.